The molecule has 1 N–H and O–H groups in total. The first-order chi connectivity index (χ1) is 11.9. The van der Waals surface area contributed by atoms with Gasteiger partial charge in [0, 0.05) is 12.5 Å². The van der Waals surface area contributed by atoms with Crippen molar-refractivity contribution in [3.8, 4) is 0 Å². The summed E-state index contributed by atoms with van der Waals surface area (Å²) in [6.45, 7) is 2.51. The van der Waals surface area contributed by atoms with Gasteiger partial charge in [-0.3, -0.25) is 0 Å². The van der Waals surface area contributed by atoms with Gasteiger partial charge in [-0.2, -0.15) is 5.10 Å². The number of nitrogens with one attached hydrogen (secondary N) is 1. The predicted octanol–water partition coefficient (Wildman–Crippen LogP) is 2.79. The number of hydrogen-bond donors (Lipinski definition) is 1. The van der Waals surface area contributed by atoms with Gasteiger partial charge in [0.1, 0.15) is 5.82 Å². The summed E-state index contributed by atoms with van der Waals surface area (Å²) in [6.07, 6.45) is 6.69. The second kappa shape index (κ2) is 7.66. The Hall–Kier alpha value is -1.73. The molecule has 1 aromatic heterocycles. The first-order valence-corrected chi connectivity index (χ1v) is 10.8. The normalized spacial score (nSPS) is 17.0. The summed E-state index contributed by atoms with van der Waals surface area (Å²) >= 11 is 0. The number of hydrogen-bond acceptors (Lipinski definition) is 4. The molecule has 1 fully saturated rings. The quantitative estimate of drug-likeness (QED) is 0.822. The third kappa shape index (κ3) is 4.89. The summed E-state index contributed by atoms with van der Waals surface area (Å²) in [4.78, 5) is 4.71. The van der Waals surface area contributed by atoms with Crippen molar-refractivity contribution in [2.45, 2.75) is 57.5 Å². The smallest absolute Gasteiger partial charge is 0.209 e. The van der Waals surface area contributed by atoms with Crippen LogP contribution in [0.25, 0.3) is 0 Å². The van der Waals surface area contributed by atoms with Gasteiger partial charge in [0.05, 0.1) is 12.3 Å². The van der Waals surface area contributed by atoms with Crippen molar-refractivity contribution < 1.29 is 8.42 Å². The minimum Gasteiger partial charge on any atom is -0.248 e. The molecule has 1 aliphatic carbocycles. The van der Waals surface area contributed by atoms with Crippen molar-refractivity contribution in [3.63, 3.8) is 0 Å². The number of benzene rings is 1. The number of nitrogens with zero attached hydrogens (tertiary/aromatic N) is 3. The van der Waals surface area contributed by atoms with Crippen LogP contribution in [0.1, 0.15) is 61.8 Å². The van der Waals surface area contributed by atoms with E-state index in [1.54, 1.807) is 0 Å². The Balaban J connectivity index is 1.82. The van der Waals surface area contributed by atoms with E-state index in [1.165, 1.54) is 24.7 Å². The average Bonchev–Trinajstić information content (AvgIpc) is 3.21. The molecule has 0 amide bonds. The largest absolute Gasteiger partial charge is 0.248 e. The molecule has 0 unspecified atom stereocenters. The summed E-state index contributed by atoms with van der Waals surface area (Å²) < 4.78 is 27.7. The van der Waals surface area contributed by atoms with E-state index in [-0.39, 0.29) is 0 Å². The van der Waals surface area contributed by atoms with Gasteiger partial charge in [-0.05, 0) is 31.7 Å². The van der Waals surface area contributed by atoms with Gasteiger partial charge in [-0.1, -0.05) is 43.2 Å². The van der Waals surface area contributed by atoms with E-state index in [0.717, 1.165) is 25.1 Å². The average molecular weight is 362 g/mol. The molecule has 1 heterocycles. The summed E-state index contributed by atoms with van der Waals surface area (Å²) in [5, 5.41) is 4.73. The highest BCUT2D eigenvalue weighted by Gasteiger charge is 2.25. The zero-order valence-corrected chi connectivity index (χ0v) is 15.7. The van der Waals surface area contributed by atoms with Gasteiger partial charge in [-0.15, -0.1) is 0 Å². The molecule has 0 aliphatic heterocycles. The van der Waals surface area contributed by atoms with E-state index < -0.39 is 16.1 Å². The minimum absolute atomic E-state index is 0.395. The van der Waals surface area contributed by atoms with Crippen LogP contribution in [0.4, 0.5) is 0 Å². The fourth-order valence-corrected chi connectivity index (χ4v) is 4.22. The molecule has 25 heavy (non-hydrogen) atoms. The van der Waals surface area contributed by atoms with Gasteiger partial charge in [0.15, 0.2) is 5.82 Å². The fourth-order valence-electron chi connectivity index (χ4n) is 3.47. The second-order valence-electron chi connectivity index (χ2n) is 6.88. The number of aromatic nitrogens is 3. The van der Waals surface area contributed by atoms with Crippen LogP contribution in [0.2, 0.25) is 0 Å². The molecule has 136 valence electrons. The third-order valence-corrected chi connectivity index (χ3v) is 5.45. The molecule has 1 aliphatic rings. The van der Waals surface area contributed by atoms with Crippen molar-refractivity contribution in [2.24, 2.45) is 0 Å². The van der Waals surface area contributed by atoms with Crippen molar-refractivity contribution >= 4 is 10.0 Å². The number of sulfonamides is 1. The van der Waals surface area contributed by atoms with Crippen LogP contribution in [0, 0.1) is 0 Å². The Morgan fingerprint density at radius 1 is 1.24 bits per heavy atom. The summed E-state index contributed by atoms with van der Waals surface area (Å²) in [5.74, 6) is 1.97. The van der Waals surface area contributed by atoms with E-state index >= 15 is 0 Å². The van der Waals surface area contributed by atoms with Gasteiger partial charge in [0.25, 0.3) is 0 Å². The molecule has 7 heteroatoms. The van der Waals surface area contributed by atoms with Crippen LogP contribution in [0.3, 0.4) is 0 Å². The van der Waals surface area contributed by atoms with E-state index in [1.807, 2.05) is 29.8 Å². The lowest BCUT2D eigenvalue weighted by Gasteiger charge is -2.13. The van der Waals surface area contributed by atoms with Crippen LogP contribution >= 0.6 is 0 Å². The van der Waals surface area contributed by atoms with Crippen molar-refractivity contribution in [1.82, 2.24) is 19.5 Å². The first-order valence-electron chi connectivity index (χ1n) is 8.88. The number of aryl methyl sites for hydroxylation is 2. The van der Waals surface area contributed by atoms with E-state index in [4.69, 9.17) is 10.1 Å². The SMILES string of the molecule is C[C@H](NS(C)(=O)=O)c1nc(C2CCCC2)nn1CCc1ccccc1. The molecule has 1 saturated carbocycles. The van der Waals surface area contributed by atoms with Gasteiger partial charge in [-0.25, -0.2) is 22.8 Å². The molecule has 3 rings (SSSR count). The van der Waals surface area contributed by atoms with Crippen molar-refractivity contribution in [2.75, 3.05) is 6.26 Å². The summed E-state index contributed by atoms with van der Waals surface area (Å²) in [5.41, 5.74) is 1.23. The van der Waals surface area contributed by atoms with Crippen molar-refractivity contribution in [3.05, 3.63) is 47.5 Å². The molecule has 1 atom stereocenters. The first kappa shape index (κ1) is 18.1. The Kier molecular flexibility index (Phi) is 5.54. The van der Waals surface area contributed by atoms with Crippen LogP contribution in [0.15, 0.2) is 30.3 Å². The molecule has 1 aromatic carbocycles. The van der Waals surface area contributed by atoms with Gasteiger partial charge in [0.2, 0.25) is 10.0 Å². The second-order valence-corrected chi connectivity index (χ2v) is 8.66. The summed E-state index contributed by atoms with van der Waals surface area (Å²) in [7, 11) is -3.30. The highest BCUT2D eigenvalue weighted by molar-refractivity contribution is 7.88. The fraction of sp³-hybridized carbons (Fsp3) is 0.556. The topological polar surface area (TPSA) is 76.9 Å². The molecule has 2 aromatic rings. The zero-order valence-electron chi connectivity index (χ0n) is 14.9. The van der Waals surface area contributed by atoms with Crippen LogP contribution in [-0.2, 0) is 23.0 Å². The molecule has 6 nitrogen and oxygen atoms in total. The third-order valence-electron chi connectivity index (χ3n) is 4.67. The highest BCUT2D eigenvalue weighted by atomic mass is 32.2. The van der Waals surface area contributed by atoms with Crippen molar-refractivity contribution in [1.29, 1.82) is 0 Å². The van der Waals surface area contributed by atoms with E-state index in [2.05, 4.69) is 16.9 Å². The monoisotopic (exact) mass is 362 g/mol. The van der Waals surface area contributed by atoms with Crippen LogP contribution in [0.5, 0.6) is 0 Å². The molecule has 0 spiro atoms. The van der Waals surface area contributed by atoms with Crippen LogP contribution in [-0.4, -0.2) is 29.4 Å². The molecular formula is C18H26N4O2S. The predicted molar refractivity (Wildman–Crippen MR) is 97.8 cm³/mol. The lowest BCUT2D eigenvalue weighted by atomic mass is 10.1. The lowest BCUT2D eigenvalue weighted by molar-refractivity contribution is 0.519. The Morgan fingerprint density at radius 3 is 2.56 bits per heavy atom. The maximum absolute atomic E-state index is 11.6. The molecule has 0 bridgehead atoms. The van der Waals surface area contributed by atoms with E-state index in [0.29, 0.717) is 18.3 Å². The maximum Gasteiger partial charge on any atom is 0.209 e. The molecule has 0 saturated heterocycles. The number of rotatable bonds is 7. The standard InChI is InChI=1S/C18H26N4O2S/c1-14(21-25(2,23)24)18-19-17(16-10-6-7-11-16)20-22(18)13-12-15-8-4-3-5-9-15/h3-5,8-9,14,16,21H,6-7,10-13H2,1-2H3/t14-/m0/s1. The van der Waals surface area contributed by atoms with E-state index in [9.17, 15) is 8.42 Å². The maximum atomic E-state index is 11.6. The Morgan fingerprint density at radius 2 is 1.92 bits per heavy atom. The van der Waals surface area contributed by atoms with Gasteiger partial charge < -0.3 is 0 Å². The lowest BCUT2D eigenvalue weighted by Crippen LogP contribution is -2.28. The van der Waals surface area contributed by atoms with Gasteiger partial charge >= 0.3 is 0 Å². The zero-order chi connectivity index (χ0) is 17.9. The molecule has 0 radical (unpaired) electrons. The highest BCUT2D eigenvalue weighted by Crippen LogP contribution is 2.32. The molecular weight excluding hydrogens is 336 g/mol. The van der Waals surface area contributed by atoms with Crippen LogP contribution < -0.4 is 4.72 Å². The minimum atomic E-state index is -3.30. The Labute approximate surface area is 149 Å². The Bertz CT molecular complexity index is 796. The summed E-state index contributed by atoms with van der Waals surface area (Å²) in [6, 6.07) is 9.83.